The molecule has 0 amide bonds. The number of rotatable bonds is 8. The number of methoxy groups -OCH3 is 1. The minimum atomic E-state index is 0.724. The van der Waals surface area contributed by atoms with Gasteiger partial charge in [0.2, 0.25) is 0 Å². The van der Waals surface area contributed by atoms with Crippen LogP contribution in [0.5, 0.6) is 0 Å². The summed E-state index contributed by atoms with van der Waals surface area (Å²) in [5.41, 5.74) is 2.39. The number of hydrogen-bond acceptors (Lipinski definition) is 4. The average Bonchev–Trinajstić information content (AvgIpc) is 2.97. The number of nitrogens with zero attached hydrogens (tertiary/aromatic N) is 1. The standard InChI is InChI=1S/C16H21BrN2O2/c1-19(12-15-4-3-8-21-15)14-6-5-13(16(17)10-14)11-18-7-9-20-2/h3-6,8,10,18H,7,9,11-12H2,1-2H3. The summed E-state index contributed by atoms with van der Waals surface area (Å²) in [6.07, 6.45) is 1.70. The highest BCUT2D eigenvalue weighted by Gasteiger charge is 2.07. The van der Waals surface area contributed by atoms with E-state index in [1.165, 1.54) is 5.56 Å². The maximum Gasteiger partial charge on any atom is 0.123 e. The monoisotopic (exact) mass is 352 g/mol. The molecule has 0 unspecified atom stereocenters. The predicted molar refractivity (Wildman–Crippen MR) is 88.5 cm³/mol. The quantitative estimate of drug-likeness (QED) is 0.738. The van der Waals surface area contributed by atoms with Gasteiger partial charge >= 0.3 is 0 Å². The molecule has 1 aromatic heterocycles. The third-order valence-electron chi connectivity index (χ3n) is 3.25. The van der Waals surface area contributed by atoms with Crippen molar-refractivity contribution >= 4 is 21.6 Å². The van der Waals surface area contributed by atoms with Crippen LogP contribution in [-0.4, -0.2) is 27.3 Å². The molecule has 0 saturated heterocycles. The van der Waals surface area contributed by atoms with E-state index in [-0.39, 0.29) is 0 Å². The maximum atomic E-state index is 5.38. The van der Waals surface area contributed by atoms with E-state index < -0.39 is 0 Å². The zero-order valence-corrected chi connectivity index (χ0v) is 14.0. The van der Waals surface area contributed by atoms with Gasteiger partial charge in [-0.3, -0.25) is 0 Å². The molecule has 0 atom stereocenters. The topological polar surface area (TPSA) is 37.6 Å². The van der Waals surface area contributed by atoms with Crippen molar-refractivity contribution in [3.63, 3.8) is 0 Å². The van der Waals surface area contributed by atoms with Crippen molar-refractivity contribution in [2.45, 2.75) is 13.1 Å². The fourth-order valence-electron chi connectivity index (χ4n) is 2.04. The smallest absolute Gasteiger partial charge is 0.123 e. The van der Waals surface area contributed by atoms with Crippen LogP contribution >= 0.6 is 15.9 Å². The molecule has 0 aliphatic heterocycles. The molecular weight excluding hydrogens is 332 g/mol. The molecule has 1 N–H and O–H groups in total. The van der Waals surface area contributed by atoms with E-state index in [1.807, 2.05) is 12.1 Å². The van der Waals surface area contributed by atoms with Crippen molar-refractivity contribution in [2.75, 3.05) is 32.2 Å². The molecule has 0 saturated carbocycles. The fraction of sp³-hybridized carbons (Fsp3) is 0.375. The van der Waals surface area contributed by atoms with Gasteiger partial charge in [-0.15, -0.1) is 0 Å². The maximum absolute atomic E-state index is 5.38. The number of hydrogen-bond donors (Lipinski definition) is 1. The van der Waals surface area contributed by atoms with Crippen LogP contribution in [0.2, 0.25) is 0 Å². The van der Waals surface area contributed by atoms with Gasteiger partial charge in [-0.1, -0.05) is 22.0 Å². The van der Waals surface area contributed by atoms with Crippen molar-refractivity contribution in [1.29, 1.82) is 0 Å². The Morgan fingerprint density at radius 3 is 2.86 bits per heavy atom. The SMILES string of the molecule is COCCNCc1ccc(N(C)Cc2ccco2)cc1Br. The molecule has 21 heavy (non-hydrogen) atoms. The first kappa shape index (κ1) is 16.1. The van der Waals surface area contributed by atoms with Gasteiger partial charge in [0.05, 0.1) is 19.4 Å². The minimum Gasteiger partial charge on any atom is -0.467 e. The first-order valence-corrected chi connectivity index (χ1v) is 7.71. The molecule has 5 heteroatoms. The lowest BCUT2D eigenvalue weighted by molar-refractivity contribution is 0.199. The van der Waals surface area contributed by atoms with Gasteiger partial charge < -0.3 is 19.4 Å². The van der Waals surface area contributed by atoms with Gasteiger partial charge in [-0.25, -0.2) is 0 Å². The summed E-state index contributed by atoms with van der Waals surface area (Å²) in [5.74, 6) is 0.957. The zero-order chi connectivity index (χ0) is 15.1. The van der Waals surface area contributed by atoms with Gasteiger partial charge in [0.15, 0.2) is 0 Å². The molecule has 114 valence electrons. The van der Waals surface area contributed by atoms with Crippen molar-refractivity contribution in [2.24, 2.45) is 0 Å². The second kappa shape index (κ2) is 8.22. The van der Waals surface area contributed by atoms with Gasteiger partial charge in [0, 0.05) is 37.4 Å². The van der Waals surface area contributed by atoms with E-state index in [9.17, 15) is 0 Å². The number of anilines is 1. The molecule has 2 aromatic rings. The summed E-state index contributed by atoms with van der Waals surface area (Å²) < 4.78 is 11.5. The van der Waals surface area contributed by atoms with E-state index in [4.69, 9.17) is 9.15 Å². The highest BCUT2D eigenvalue weighted by atomic mass is 79.9. The minimum absolute atomic E-state index is 0.724. The van der Waals surface area contributed by atoms with E-state index in [0.29, 0.717) is 0 Å². The molecule has 1 heterocycles. The Balaban J connectivity index is 1.94. The number of benzene rings is 1. The molecule has 1 aromatic carbocycles. The van der Waals surface area contributed by atoms with Gasteiger partial charge in [0.1, 0.15) is 5.76 Å². The van der Waals surface area contributed by atoms with Crippen LogP contribution in [0.1, 0.15) is 11.3 Å². The Bertz CT molecular complexity index is 543. The summed E-state index contributed by atoms with van der Waals surface area (Å²) in [6.45, 7) is 3.15. The first-order valence-electron chi connectivity index (χ1n) is 6.92. The molecule has 2 rings (SSSR count). The summed E-state index contributed by atoms with van der Waals surface area (Å²) in [4.78, 5) is 2.16. The van der Waals surface area contributed by atoms with Gasteiger partial charge in [-0.05, 0) is 29.8 Å². The second-order valence-corrected chi connectivity index (χ2v) is 5.74. The van der Waals surface area contributed by atoms with Gasteiger partial charge in [-0.2, -0.15) is 0 Å². The van der Waals surface area contributed by atoms with Crippen LogP contribution < -0.4 is 10.2 Å². The Morgan fingerprint density at radius 2 is 2.19 bits per heavy atom. The number of nitrogens with one attached hydrogen (secondary N) is 1. The zero-order valence-electron chi connectivity index (χ0n) is 12.4. The summed E-state index contributed by atoms with van der Waals surface area (Å²) in [5, 5.41) is 3.34. The molecule has 0 aliphatic carbocycles. The second-order valence-electron chi connectivity index (χ2n) is 4.88. The lowest BCUT2D eigenvalue weighted by Gasteiger charge is -2.19. The van der Waals surface area contributed by atoms with Crippen LogP contribution in [0.25, 0.3) is 0 Å². The van der Waals surface area contributed by atoms with Crippen molar-refractivity contribution in [1.82, 2.24) is 5.32 Å². The highest BCUT2D eigenvalue weighted by Crippen LogP contribution is 2.24. The lowest BCUT2D eigenvalue weighted by atomic mass is 10.2. The van der Waals surface area contributed by atoms with Crippen molar-refractivity contribution < 1.29 is 9.15 Å². The number of furan rings is 1. The molecule has 4 nitrogen and oxygen atoms in total. The third kappa shape index (κ3) is 4.88. The predicted octanol–water partition coefficient (Wildman–Crippen LogP) is 3.41. The number of halogens is 1. The summed E-state index contributed by atoms with van der Waals surface area (Å²) >= 11 is 3.64. The largest absolute Gasteiger partial charge is 0.467 e. The third-order valence-corrected chi connectivity index (χ3v) is 3.99. The van der Waals surface area contributed by atoms with E-state index in [2.05, 4.69) is 51.4 Å². The van der Waals surface area contributed by atoms with E-state index in [0.717, 1.165) is 42.2 Å². The van der Waals surface area contributed by atoms with Crippen LogP contribution in [0.15, 0.2) is 45.5 Å². The average molecular weight is 353 g/mol. The Labute approximate surface area is 134 Å². The normalized spacial score (nSPS) is 10.8. The Morgan fingerprint density at radius 1 is 1.33 bits per heavy atom. The van der Waals surface area contributed by atoms with Crippen LogP contribution in [0, 0.1) is 0 Å². The molecule has 0 bridgehead atoms. The Kier molecular flexibility index (Phi) is 6.29. The van der Waals surface area contributed by atoms with Crippen molar-refractivity contribution in [3.8, 4) is 0 Å². The summed E-state index contributed by atoms with van der Waals surface area (Å²) in [7, 11) is 3.77. The summed E-state index contributed by atoms with van der Waals surface area (Å²) in [6, 6.07) is 10.3. The molecule has 0 radical (unpaired) electrons. The molecule has 0 fully saturated rings. The lowest BCUT2D eigenvalue weighted by Crippen LogP contribution is -2.19. The molecular formula is C16H21BrN2O2. The highest BCUT2D eigenvalue weighted by molar-refractivity contribution is 9.10. The van der Waals surface area contributed by atoms with Crippen LogP contribution in [0.4, 0.5) is 5.69 Å². The molecule has 0 spiro atoms. The first-order chi connectivity index (χ1) is 10.2. The fourth-order valence-corrected chi connectivity index (χ4v) is 2.55. The van der Waals surface area contributed by atoms with Gasteiger partial charge in [0.25, 0.3) is 0 Å². The van der Waals surface area contributed by atoms with Crippen LogP contribution in [-0.2, 0) is 17.8 Å². The van der Waals surface area contributed by atoms with E-state index >= 15 is 0 Å². The molecule has 0 aliphatic rings. The number of ether oxygens (including phenoxy) is 1. The van der Waals surface area contributed by atoms with Crippen LogP contribution in [0.3, 0.4) is 0 Å². The van der Waals surface area contributed by atoms with Crippen molar-refractivity contribution in [3.05, 3.63) is 52.4 Å². The Hall–Kier alpha value is -1.30. The van der Waals surface area contributed by atoms with E-state index in [1.54, 1.807) is 13.4 Å².